The average Bonchev–Trinajstić information content (AvgIpc) is 3.02. The maximum absolute atomic E-state index is 13.1. The van der Waals surface area contributed by atoms with Gasteiger partial charge in [-0.25, -0.2) is 4.68 Å². The van der Waals surface area contributed by atoms with E-state index in [0.717, 1.165) is 16.9 Å². The Balaban J connectivity index is 1.51. The molecular weight excluding hydrogens is 446 g/mol. The minimum absolute atomic E-state index is 0.242. The van der Waals surface area contributed by atoms with Crippen LogP contribution in [0.4, 0.5) is 17.1 Å². The van der Waals surface area contributed by atoms with Crippen molar-refractivity contribution in [3.05, 3.63) is 106 Å². The molecule has 4 aromatic rings. The second-order valence-corrected chi connectivity index (χ2v) is 8.33. The minimum atomic E-state index is -0.382. The van der Waals surface area contributed by atoms with Crippen molar-refractivity contribution in [2.45, 2.75) is 13.8 Å². The topological polar surface area (TPSA) is 80.1 Å². The third-order valence-corrected chi connectivity index (χ3v) is 5.66. The van der Waals surface area contributed by atoms with Crippen LogP contribution >= 0.6 is 12.2 Å². The van der Waals surface area contributed by atoms with Crippen molar-refractivity contribution in [1.29, 1.82) is 0 Å². The Hall–Kier alpha value is -4.17. The highest BCUT2D eigenvalue weighted by Gasteiger charge is 2.19. The number of anilines is 3. The van der Waals surface area contributed by atoms with Crippen LogP contribution in [0.25, 0.3) is 5.69 Å². The van der Waals surface area contributed by atoms with Gasteiger partial charge in [-0.05, 0) is 74.1 Å². The van der Waals surface area contributed by atoms with E-state index in [2.05, 4.69) is 16.0 Å². The van der Waals surface area contributed by atoms with Crippen molar-refractivity contribution in [1.82, 2.24) is 9.36 Å². The number of rotatable bonds is 5. The molecule has 1 amide bonds. The van der Waals surface area contributed by atoms with Crippen molar-refractivity contribution in [3.63, 3.8) is 0 Å². The lowest BCUT2D eigenvalue weighted by Gasteiger charge is -2.12. The lowest BCUT2D eigenvalue weighted by molar-refractivity contribution is 0.102. The molecule has 8 heteroatoms. The molecule has 0 bridgehead atoms. The van der Waals surface area contributed by atoms with Crippen LogP contribution in [-0.4, -0.2) is 20.4 Å². The zero-order chi connectivity index (χ0) is 24.2. The molecule has 0 aliphatic rings. The molecule has 172 valence electrons. The van der Waals surface area contributed by atoms with E-state index >= 15 is 0 Å². The van der Waals surface area contributed by atoms with Crippen LogP contribution in [0.3, 0.4) is 0 Å². The van der Waals surface area contributed by atoms with Gasteiger partial charge in [0.05, 0.1) is 11.4 Å². The number of thiocarbonyl (C=S) groups is 1. The predicted octanol–water partition coefficient (Wildman–Crippen LogP) is 4.85. The predicted molar refractivity (Wildman–Crippen MR) is 141 cm³/mol. The number of amides is 1. The Morgan fingerprint density at radius 3 is 2.15 bits per heavy atom. The first kappa shape index (κ1) is 23.0. The summed E-state index contributed by atoms with van der Waals surface area (Å²) in [4.78, 5) is 26.1. The fourth-order valence-electron chi connectivity index (χ4n) is 3.65. The maximum atomic E-state index is 13.1. The van der Waals surface area contributed by atoms with Crippen molar-refractivity contribution in [2.75, 3.05) is 16.0 Å². The molecule has 0 spiro atoms. The molecule has 0 radical (unpaired) electrons. The first-order valence-electron chi connectivity index (χ1n) is 10.7. The monoisotopic (exact) mass is 471 g/mol. The summed E-state index contributed by atoms with van der Waals surface area (Å²) in [7, 11) is 1.78. The highest BCUT2D eigenvalue weighted by atomic mass is 32.1. The van der Waals surface area contributed by atoms with Crippen LogP contribution in [0.1, 0.15) is 21.6 Å². The van der Waals surface area contributed by atoms with Crippen molar-refractivity contribution < 1.29 is 4.79 Å². The van der Waals surface area contributed by atoms with Crippen molar-refractivity contribution >= 4 is 40.3 Å². The molecule has 0 atom stereocenters. The molecular formula is C26H25N5O2S. The number of carbonyl (C=O) groups excluding carboxylic acids is 1. The molecule has 7 nitrogen and oxygen atoms in total. The summed E-state index contributed by atoms with van der Waals surface area (Å²) in [6, 6.07) is 24.1. The Morgan fingerprint density at radius 1 is 0.824 bits per heavy atom. The molecule has 3 aromatic carbocycles. The van der Waals surface area contributed by atoms with E-state index in [1.54, 1.807) is 36.9 Å². The standard InChI is InChI=1S/C26H25N5O2S/c1-17-9-7-11-20(15-17)27-26(34)28-21-12-8-10-19(16-21)24(32)29-23-18(2)30(3)31(25(23)33)22-13-5-4-6-14-22/h4-16H,1-3H3,(H,29,32)(H2,27,28,34). The third kappa shape index (κ3) is 4.92. The highest BCUT2D eigenvalue weighted by molar-refractivity contribution is 7.80. The van der Waals surface area contributed by atoms with Gasteiger partial charge in [0.15, 0.2) is 5.11 Å². The number of benzene rings is 3. The summed E-state index contributed by atoms with van der Waals surface area (Å²) in [6.07, 6.45) is 0. The molecule has 1 heterocycles. The number of aryl methyl sites for hydroxylation is 1. The molecule has 4 rings (SSSR count). The summed E-state index contributed by atoms with van der Waals surface area (Å²) in [5.41, 5.74) is 4.37. The van der Waals surface area contributed by atoms with Crippen LogP contribution in [-0.2, 0) is 7.05 Å². The number of nitrogens with zero attached hydrogens (tertiary/aromatic N) is 2. The molecule has 0 fully saturated rings. The molecule has 0 aliphatic heterocycles. The lowest BCUT2D eigenvalue weighted by atomic mass is 10.2. The molecule has 0 unspecified atom stereocenters. The fourth-order valence-corrected chi connectivity index (χ4v) is 3.89. The van der Waals surface area contributed by atoms with Crippen LogP contribution < -0.4 is 21.5 Å². The second kappa shape index (κ2) is 9.76. The van der Waals surface area contributed by atoms with Gasteiger partial charge in [0.2, 0.25) is 0 Å². The van der Waals surface area contributed by atoms with E-state index in [1.165, 1.54) is 4.68 Å². The smallest absolute Gasteiger partial charge is 0.295 e. The Labute approximate surface area is 203 Å². The van der Waals surface area contributed by atoms with E-state index in [4.69, 9.17) is 12.2 Å². The molecule has 0 saturated carbocycles. The number of nitrogens with one attached hydrogen (secondary N) is 3. The summed E-state index contributed by atoms with van der Waals surface area (Å²) >= 11 is 5.40. The summed E-state index contributed by atoms with van der Waals surface area (Å²) in [6.45, 7) is 3.80. The van der Waals surface area contributed by atoms with Gasteiger partial charge in [0, 0.05) is 24.0 Å². The minimum Gasteiger partial charge on any atom is -0.332 e. The highest BCUT2D eigenvalue weighted by Crippen LogP contribution is 2.17. The molecule has 0 saturated heterocycles. The Bertz CT molecular complexity index is 1420. The van der Waals surface area contributed by atoms with Crippen molar-refractivity contribution in [2.24, 2.45) is 7.05 Å². The number of hydrogen-bond donors (Lipinski definition) is 3. The first-order chi connectivity index (χ1) is 16.3. The van der Waals surface area contributed by atoms with E-state index < -0.39 is 0 Å². The summed E-state index contributed by atoms with van der Waals surface area (Å²) in [5.74, 6) is -0.382. The quantitative estimate of drug-likeness (QED) is 0.363. The molecule has 34 heavy (non-hydrogen) atoms. The Morgan fingerprint density at radius 2 is 1.47 bits per heavy atom. The third-order valence-electron chi connectivity index (χ3n) is 5.45. The maximum Gasteiger partial charge on any atom is 0.295 e. The van der Waals surface area contributed by atoms with Gasteiger partial charge in [-0.1, -0.05) is 36.4 Å². The van der Waals surface area contributed by atoms with Gasteiger partial charge in [0.1, 0.15) is 5.69 Å². The average molecular weight is 472 g/mol. The molecule has 0 aliphatic carbocycles. The van der Waals surface area contributed by atoms with E-state index in [9.17, 15) is 9.59 Å². The van der Waals surface area contributed by atoms with Crippen LogP contribution in [0, 0.1) is 13.8 Å². The van der Waals surface area contributed by atoms with Crippen LogP contribution in [0.15, 0.2) is 83.7 Å². The van der Waals surface area contributed by atoms with Gasteiger partial charge in [-0.2, -0.15) is 0 Å². The number of aromatic nitrogens is 2. The van der Waals surface area contributed by atoms with Gasteiger partial charge in [-0.3, -0.25) is 14.3 Å². The summed E-state index contributed by atoms with van der Waals surface area (Å²) in [5, 5.41) is 9.42. The summed E-state index contributed by atoms with van der Waals surface area (Å²) < 4.78 is 3.25. The van der Waals surface area contributed by atoms with E-state index in [-0.39, 0.29) is 17.2 Å². The fraction of sp³-hybridized carbons (Fsp3) is 0.115. The van der Waals surface area contributed by atoms with Gasteiger partial charge >= 0.3 is 0 Å². The van der Waals surface area contributed by atoms with Crippen LogP contribution in [0.5, 0.6) is 0 Å². The van der Waals surface area contributed by atoms with Gasteiger partial charge in [0.25, 0.3) is 11.5 Å². The zero-order valence-electron chi connectivity index (χ0n) is 19.1. The number of hydrogen-bond acceptors (Lipinski definition) is 3. The molecule has 1 aromatic heterocycles. The van der Waals surface area contributed by atoms with Gasteiger partial charge < -0.3 is 16.0 Å². The van der Waals surface area contributed by atoms with Gasteiger partial charge in [-0.15, -0.1) is 0 Å². The van der Waals surface area contributed by atoms with E-state index in [1.807, 2.05) is 67.6 Å². The van der Waals surface area contributed by atoms with E-state index in [0.29, 0.717) is 22.1 Å². The second-order valence-electron chi connectivity index (χ2n) is 7.92. The van der Waals surface area contributed by atoms with Crippen molar-refractivity contribution in [3.8, 4) is 5.69 Å². The molecule has 3 N–H and O–H groups in total. The first-order valence-corrected chi connectivity index (χ1v) is 11.1. The largest absolute Gasteiger partial charge is 0.332 e. The lowest BCUT2D eigenvalue weighted by Crippen LogP contribution is -2.23. The number of carbonyl (C=O) groups is 1. The Kier molecular flexibility index (Phi) is 6.60. The van der Waals surface area contributed by atoms with Crippen LogP contribution in [0.2, 0.25) is 0 Å². The number of para-hydroxylation sites is 1. The SMILES string of the molecule is Cc1cccc(NC(=S)Nc2cccc(C(=O)Nc3c(C)n(C)n(-c4ccccc4)c3=O)c2)c1. The normalized spacial score (nSPS) is 10.6. The zero-order valence-corrected chi connectivity index (χ0v) is 19.9.